The third-order valence-electron chi connectivity index (χ3n) is 3.12. The molecule has 3 rings (SSSR count). The topological polar surface area (TPSA) is 69.4 Å². The lowest BCUT2D eigenvalue weighted by atomic mass is 10.2. The van der Waals surface area contributed by atoms with Crippen molar-refractivity contribution < 1.29 is 0 Å². The molecule has 0 aromatic carbocycles. The highest BCUT2D eigenvalue weighted by Crippen LogP contribution is 2.38. The number of halogens is 1. The number of hydrogen-bond donors (Lipinski definition) is 0. The van der Waals surface area contributed by atoms with Gasteiger partial charge < -0.3 is 0 Å². The van der Waals surface area contributed by atoms with Gasteiger partial charge in [0.15, 0.2) is 0 Å². The van der Waals surface area contributed by atoms with Gasteiger partial charge in [0, 0.05) is 11.5 Å². The first-order chi connectivity index (χ1) is 9.56. The van der Waals surface area contributed by atoms with Gasteiger partial charge in [-0.05, 0) is 42.0 Å². The van der Waals surface area contributed by atoms with Gasteiger partial charge in [-0.25, -0.2) is 14.6 Å². The molecule has 0 spiro atoms. The van der Waals surface area contributed by atoms with Crippen molar-refractivity contribution in [3.8, 4) is 0 Å². The summed E-state index contributed by atoms with van der Waals surface area (Å²) in [6.45, 7) is 6.01. The molecule has 0 aliphatic heterocycles. The maximum absolute atomic E-state index is 6.19. The molecule has 0 amide bonds. The highest BCUT2D eigenvalue weighted by Gasteiger charge is 2.28. The number of tetrazole rings is 1. The normalized spacial score (nSPS) is 15.1. The van der Waals surface area contributed by atoms with E-state index in [-0.39, 0.29) is 5.92 Å². The molecule has 1 saturated carbocycles. The molecule has 0 radical (unpaired) electrons. The van der Waals surface area contributed by atoms with Crippen LogP contribution in [0.2, 0.25) is 5.15 Å². The van der Waals surface area contributed by atoms with E-state index in [2.05, 4.69) is 25.5 Å². The Morgan fingerprint density at radius 3 is 2.70 bits per heavy atom. The molecule has 2 aromatic rings. The SMILES string of the molecule is Cc1c(Cl)nc(C(C)C)nc1Sc1nnnn1C1CC1. The zero-order valence-corrected chi connectivity index (χ0v) is 13.1. The van der Waals surface area contributed by atoms with E-state index < -0.39 is 0 Å². The van der Waals surface area contributed by atoms with Gasteiger partial charge in [0.05, 0.1) is 6.04 Å². The second kappa shape index (κ2) is 5.29. The summed E-state index contributed by atoms with van der Waals surface area (Å²) in [7, 11) is 0. The van der Waals surface area contributed by atoms with E-state index in [0.717, 1.165) is 34.4 Å². The van der Waals surface area contributed by atoms with Crippen LogP contribution in [0, 0.1) is 6.92 Å². The highest BCUT2D eigenvalue weighted by atomic mass is 35.5. The summed E-state index contributed by atoms with van der Waals surface area (Å²) in [5, 5.41) is 14.0. The number of nitrogens with zero attached hydrogens (tertiary/aromatic N) is 6. The summed E-state index contributed by atoms with van der Waals surface area (Å²) in [5.41, 5.74) is 0.867. The molecule has 2 aromatic heterocycles. The third kappa shape index (κ3) is 2.64. The third-order valence-corrected chi connectivity index (χ3v) is 4.53. The van der Waals surface area contributed by atoms with Gasteiger partial charge in [-0.15, -0.1) is 5.10 Å². The Labute approximate surface area is 126 Å². The second-order valence-electron chi connectivity index (χ2n) is 5.20. The molecular weight excluding hydrogens is 296 g/mol. The molecule has 0 atom stereocenters. The van der Waals surface area contributed by atoms with Crippen molar-refractivity contribution in [2.24, 2.45) is 0 Å². The molecule has 2 heterocycles. The molecule has 1 fully saturated rings. The van der Waals surface area contributed by atoms with Crippen molar-refractivity contribution in [1.82, 2.24) is 30.2 Å². The molecule has 1 aliphatic rings. The predicted molar refractivity (Wildman–Crippen MR) is 76.1 cm³/mol. The smallest absolute Gasteiger partial charge is 0.215 e. The average molecular weight is 311 g/mol. The Bertz CT molecular complexity index is 637. The molecule has 20 heavy (non-hydrogen) atoms. The summed E-state index contributed by atoms with van der Waals surface area (Å²) in [6, 6.07) is 0.440. The molecule has 1 aliphatic carbocycles. The van der Waals surface area contributed by atoms with Crippen LogP contribution in [0.25, 0.3) is 0 Å². The summed E-state index contributed by atoms with van der Waals surface area (Å²) in [5.74, 6) is 0.973. The maximum Gasteiger partial charge on any atom is 0.215 e. The average Bonchev–Trinajstić information content (AvgIpc) is 3.15. The van der Waals surface area contributed by atoms with Gasteiger partial charge in [0.1, 0.15) is 16.0 Å². The lowest BCUT2D eigenvalue weighted by Gasteiger charge is -2.10. The molecular formula is C12H15ClN6S. The number of hydrogen-bond acceptors (Lipinski definition) is 6. The first-order valence-electron chi connectivity index (χ1n) is 6.56. The van der Waals surface area contributed by atoms with Crippen molar-refractivity contribution in [3.63, 3.8) is 0 Å². The highest BCUT2D eigenvalue weighted by molar-refractivity contribution is 7.99. The summed E-state index contributed by atoms with van der Waals surface area (Å²) >= 11 is 7.65. The van der Waals surface area contributed by atoms with Crippen molar-refractivity contribution in [3.05, 3.63) is 16.5 Å². The van der Waals surface area contributed by atoms with Crippen LogP contribution in [0.1, 0.15) is 50.0 Å². The largest absolute Gasteiger partial charge is 0.225 e. The van der Waals surface area contributed by atoms with E-state index in [0.29, 0.717) is 11.2 Å². The fraction of sp³-hybridized carbons (Fsp3) is 0.583. The Balaban J connectivity index is 1.95. The van der Waals surface area contributed by atoms with E-state index >= 15 is 0 Å². The minimum absolute atomic E-state index is 0.229. The summed E-state index contributed by atoms with van der Waals surface area (Å²) in [4.78, 5) is 8.90. The maximum atomic E-state index is 6.19. The van der Waals surface area contributed by atoms with Crippen LogP contribution in [-0.4, -0.2) is 30.2 Å². The van der Waals surface area contributed by atoms with Gasteiger partial charge in [0.25, 0.3) is 0 Å². The molecule has 0 N–H and O–H groups in total. The van der Waals surface area contributed by atoms with E-state index in [4.69, 9.17) is 11.6 Å². The lowest BCUT2D eigenvalue weighted by Crippen LogP contribution is -2.03. The quantitative estimate of drug-likeness (QED) is 0.808. The van der Waals surface area contributed by atoms with Gasteiger partial charge >= 0.3 is 0 Å². The summed E-state index contributed by atoms with van der Waals surface area (Å²) in [6.07, 6.45) is 2.28. The zero-order chi connectivity index (χ0) is 14.3. The molecule has 0 unspecified atom stereocenters. The van der Waals surface area contributed by atoms with Crippen LogP contribution >= 0.6 is 23.4 Å². The Morgan fingerprint density at radius 1 is 1.30 bits per heavy atom. The van der Waals surface area contributed by atoms with Gasteiger partial charge in [-0.3, -0.25) is 0 Å². The van der Waals surface area contributed by atoms with E-state index in [1.54, 1.807) is 0 Å². The fourth-order valence-corrected chi connectivity index (χ4v) is 2.88. The van der Waals surface area contributed by atoms with Crippen LogP contribution < -0.4 is 0 Å². The molecule has 0 bridgehead atoms. The second-order valence-corrected chi connectivity index (χ2v) is 6.51. The van der Waals surface area contributed by atoms with Crippen LogP contribution in [0.5, 0.6) is 0 Å². The van der Waals surface area contributed by atoms with Crippen LogP contribution in [0.4, 0.5) is 0 Å². The van der Waals surface area contributed by atoms with Gasteiger partial charge in [0.2, 0.25) is 5.16 Å². The number of rotatable bonds is 4. The monoisotopic (exact) mass is 310 g/mol. The van der Waals surface area contributed by atoms with Gasteiger partial charge in [-0.1, -0.05) is 25.4 Å². The molecule has 6 nitrogen and oxygen atoms in total. The lowest BCUT2D eigenvalue weighted by molar-refractivity contribution is 0.565. The van der Waals surface area contributed by atoms with Crippen LogP contribution in [0.15, 0.2) is 10.2 Å². The molecule has 106 valence electrons. The summed E-state index contributed by atoms with van der Waals surface area (Å²) < 4.78 is 1.87. The van der Waals surface area contributed by atoms with Crippen LogP contribution in [0.3, 0.4) is 0 Å². The van der Waals surface area contributed by atoms with Crippen molar-refractivity contribution in [2.45, 2.75) is 55.8 Å². The molecule has 0 saturated heterocycles. The number of aromatic nitrogens is 6. The minimum atomic E-state index is 0.229. The van der Waals surface area contributed by atoms with E-state index in [1.165, 1.54) is 11.8 Å². The van der Waals surface area contributed by atoms with Crippen LogP contribution in [-0.2, 0) is 0 Å². The zero-order valence-electron chi connectivity index (χ0n) is 11.5. The van der Waals surface area contributed by atoms with E-state index in [9.17, 15) is 0 Å². The minimum Gasteiger partial charge on any atom is -0.225 e. The fourth-order valence-electron chi connectivity index (χ4n) is 1.73. The Hall–Kier alpha value is -1.21. The molecule has 8 heteroatoms. The first kappa shape index (κ1) is 13.8. The Kier molecular flexibility index (Phi) is 3.64. The standard InChI is InChI=1S/C12H15ClN6S/c1-6(2)10-14-9(13)7(3)11(15-10)20-12-16-17-18-19(12)8-4-5-8/h6,8H,4-5H2,1-3H3. The van der Waals surface area contributed by atoms with Gasteiger partial charge in [-0.2, -0.15) is 0 Å². The van der Waals surface area contributed by atoms with E-state index in [1.807, 2.05) is 25.5 Å². The Morgan fingerprint density at radius 2 is 2.05 bits per heavy atom. The van der Waals surface area contributed by atoms with Crippen molar-refractivity contribution >= 4 is 23.4 Å². The predicted octanol–water partition coefficient (Wildman–Crippen LogP) is 3.03. The van der Waals surface area contributed by atoms with Crippen molar-refractivity contribution in [2.75, 3.05) is 0 Å². The first-order valence-corrected chi connectivity index (χ1v) is 7.75. The van der Waals surface area contributed by atoms with Crippen molar-refractivity contribution in [1.29, 1.82) is 0 Å².